The average molecular weight is 257 g/mol. The third kappa shape index (κ3) is 2.87. The van der Waals surface area contributed by atoms with Crippen LogP contribution in [0.25, 0.3) is 10.8 Å². The maximum absolute atomic E-state index is 12.2. The normalized spacial score (nSPS) is 10.9. The van der Waals surface area contributed by atoms with E-state index in [-0.39, 0.29) is 17.7 Å². The Labute approximate surface area is 113 Å². The van der Waals surface area contributed by atoms with E-state index < -0.39 is 0 Å². The minimum Gasteiger partial charge on any atom is -0.507 e. The molecule has 0 saturated heterocycles. The molecule has 0 bridgehead atoms. The van der Waals surface area contributed by atoms with Crippen LogP contribution in [-0.2, 0) is 0 Å². The van der Waals surface area contributed by atoms with E-state index in [0.717, 1.165) is 23.6 Å². The number of carbonyl (C=O) groups is 1. The quantitative estimate of drug-likeness (QED) is 0.881. The molecule has 2 N–H and O–H groups in total. The summed E-state index contributed by atoms with van der Waals surface area (Å²) in [5.74, 6) is -0.181. The molecule has 2 aromatic carbocycles. The van der Waals surface area contributed by atoms with Crippen molar-refractivity contribution in [1.29, 1.82) is 0 Å². The standard InChI is InChI=1S/C16H19NO2/c1-3-13(4-2)17-16(19)14-9-11-7-5-6-8-12(11)10-15(14)18/h5-10,13,18H,3-4H2,1-2H3,(H,17,19). The first-order chi connectivity index (χ1) is 9.15. The minimum atomic E-state index is -0.211. The summed E-state index contributed by atoms with van der Waals surface area (Å²) in [5, 5.41) is 14.8. The van der Waals surface area contributed by atoms with Crippen molar-refractivity contribution >= 4 is 16.7 Å². The van der Waals surface area contributed by atoms with Gasteiger partial charge in [-0.25, -0.2) is 0 Å². The lowest BCUT2D eigenvalue weighted by Gasteiger charge is -2.15. The zero-order valence-corrected chi connectivity index (χ0v) is 11.3. The van der Waals surface area contributed by atoms with Gasteiger partial charge < -0.3 is 10.4 Å². The number of benzene rings is 2. The summed E-state index contributed by atoms with van der Waals surface area (Å²) in [6.07, 6.45) is 1.77. The van der Waals surface area contributed by atoms with Gasteiger partial charge in [-0.05, 0) is 35.7 Å². The van der Waals surface area contributed by atoms with Gasteiger partial charge in [-0.2, -0.15) is 0 Å². The Morgan fingerprint density at radius 2 is 1.74 bits per heavy atom. The molecule has 1 amide bonds. The number of rotatable bonds is 4. The molecule has 0 fully saturated rings. The fourth-order valence-corrected chi connectivity index (χ4v) is 2.17. The number of nitrogens with one attached hydrogen (secondary N) is 1. The zero-order chi connectivity index (χ0) is 13.8. The van der Waals surface area contributed by atoms with Gasteiger partial charge in [0.25, 0.3) is 5.91 Å². The highest BCUT2D eigenvalue weighted by Gasteiger charge is 2.15. The molecule has 0 aromatic heterocycles. The van der Waals surface area contributed by atoms with Crippen LogP contribution in [0.2, 0.25) is 0 Å². The topological polar surface area (TPSA) is 49.3 Å². The molecule has 3 nitrogen and oxygen atoms in total. The van der Waals surface area contributed by atoms with Crippen molar-refractivity contribution < 1.29 is 9.90 Å². The lowest BCUT2D eigenvalue weighted by Crippen LogP contribution is -2.33. The van der Waals surface area contributed by atoms with Crippen LogP contribution in [-0.4, -0.2) is 17.1 Å². The van der Waals surface area contributed by atoms with Gasteiger partial charge >= 0.3 is 0 Å². The summed E-state index contributed by atoms with van der Waals surface area (Å²) in [6, 6.07) is 11.2. The molecule has 0 aliphatic carbocycles. The molecule has 0 unspecified atom stereocenters. The lowest BCUT2D eigenvalue weighted by molar-refractivity contribution is 0.0932. The lowest BCUT2D eigenvalue weighted by atomic mass is 10.0. The smallest absolute Gasteiger partial charge is 0.255 e. The Morgan fingerprint density at radius 1 is 1.16 bits per heavy atom. The molecular weight excluding hydrogens is 238 g/mol. The Balaban J connectivity index is 2.33. The van der Waals surface area contributed by atoms with E-state index in [1.165, 1.54) is 0 Å². The molecule has 19 heavy (non-hydrogen) atoms. The van der Waals surface area contributed by atoms with Crippen LogP contribution in [0.5, 0.6) is 5.75 Å². The number of fused-ring (bicyclic) bond motifs is 1. The number of hydrogen-bond acceptors (Lipinski definition) is 2. The van der Waals surface area contributed by atoms with Crippen molar-refractivity contribution in [2.24, 2.45) is 0 Å². The molecular formula is C16H19NO2. The van der Waals surface area contributed by atoms with Crippen LogP contribution in [0.4, 0.5) is 0 Å². The highest BCUT2D eigenvalue weighted by Crippen LogP contribution is 2.25. The van der Waals surface area contributed by atoms with Gasteiger partial charge in [0.05, 0.1) is 5.56 Å². The number of aromatic hydroxyl groups is 1. The van der Waals surface area contributed by atoms with Crippen LogP contribution in [0, 0.1) is 0 Å². The molecule has 0 atom stereocenters. The SMILES string of the molecule is CCC(CC)NC(=O)c1cc2ccccc2cc1O. The van der Waals surface area contributed by atoms with Crippen molar-refractivity contribution in [1.82, 2.24) is 5.32 Å². The Morgan fingerprint density at radius 3 is 2.32 bits per heavy atom. The summed E-state index contributed by atoms with van der Waals surface area (Å²) in [7, 11) is 0. The molecule has 0 aliphatic rings. The fourth-order valence-electron chi connectivity index (χ4n) is 2.17. The monoisotopic (exact) mass is 257 g/mol. The van der Waals surface area contributed by atoms with Gasteiger partial charge in [-0.15, -0.1) is 0 Å². The van der Waals surface area contributed by atoms with Gasteiger partial charge in [-0.1, -0.05) is 38.1 Å². The second kappa shape index (κ2) is 5.74. The minimum absolute atomic E-state index is 0.0298. The summed E-state index contributed by atoms with van der Waals surface area (Å²) >= 11 is 0. The van der Waals surface area contributed by atoms with Crippen molar-refractivity contribution in [2.45, 2.75) is 32.7 Å². The van der Waals surface area contributed by atoms with E-state index in [1.807, 2.05) is 38.1 Å². The summed E-state index contributed by atoms with van der Waals surface area (Å²) in [4.78, 5) is 12.2. The molecule has 0 heterocycles. The van der Waals surface area contributed by atoms with Crippen LogP contribution in [0.3, 0.4) is 0 Å². The van der Waals surface area contributed by atoms with Crippen LogP contribution in [0.15, 0.2) is 36.4 Å². The number of hydrogen-bond donors (Lipinski definition) is 2. The maximum atomic E-state index is 12.2. The number of phenols is 1. The van der Waals surface area contributed by atoms with Crippen LogP contribution < -0.4 is 5.32 Å². The van der Waals surface area contributed by atoms with Gasteiger partial charge in [0.15, 0.2) is 0 Å². The highest BCUT2D eigenvalue weighted by molar-refractivity contribution is 6.01. The van der Waals surface area contributed by atoms with Gasteiger partial charge in [0, 0.05) is 6.04 Å². The zero-order valence-electron chi connectivity index (χ0n) is 11.3. The van der Waals surface area contributed by atoms with Gasteiger partial charge in [0.1, 0.15) is 5.75 Å². The predicted octanol–water partition coefficient (Wildman–Crippen LogP) is 3.46. The first-order valence-electron chi connectivity index (χ1n) is 6.68. The van der Waals surface area contributed by atoms with Crippen molar-refractivity contribution in [3.63, 3.8) is 0 Å². The fraction of sp³-hybridized carbons (Fsp3) is 0.312. The van der Waals surface area contributed by atoms with E-state index in [2.05, 4.69) is 5.32 Å². The molecule has 0 saturated carbocycles. The van der Waals surface area contributed by atoms with E-state index >= 15 is 0 Å². The van der Waals surface area contributed by atoms with E-state index in [9.17, 15) is 9.90 Å². The Bertz CT molecular complexity index is 588. The molecule has 0 radical (unpaired) electrons. The summed E-state index contributed by atoms with van der Waals surface area (Å²) in [6.45, 7) is 4.07. The first-order valence-corrected chi connectivity index (χ1v) is 6.68. The third-order valence-corrected chi connectivity index (χ3v) is 3.43. The Kier molecular flexibility index (Phi) is 4.05. The van der Waals surface area contributed by atoms with E-state index in [1.54, 1.807) is 12.1 Å². The van der Waals surface area contributed by atoms with E-state index in [0.29, 0.717) is 5.56 Å². The predicted molar refractivity (Wildman–Crippen MR) is 77.4 cm³/mol. The summed E-state index contributed by atoms with van der Waals surface area (Å²) < 4.78 is 0. The second-order valence-corrected chi connectivity index (χ2v) is 4.70. The third-order valence-electron chi connectivity index (χ3n) is 3.43. The highest BCUT2D eigenvalue weighted by atomic mass is 16.3. The summed E-state index contributed by atoms with van der Waals surface area (Å²) in [5.41, 5.74) is 0.339. The molecule has 100 valence electrons. The molecule has 3 heteroatoms. The first kappa shape index (κ1) is 13.4. The number of amides is 1. The van der Waals surface area contributed by atoms with Crippen molar-refractivity contribution in [2.75, 3.05) is 0 Å². The molecule has 0 aliphatic heterocycles. The number of carbonyl (C=O) groups excluding carboxylic acids is 1. The largest absolute Gasteiger partial charge is 0.507 e. The van der Waals surface area contributed by atoms with Gasteiger partial charge in [-0.3, -0.25) is 4.79 Å². The number of phenolic OH excluding ortho intramolecular Hbond substituents is 1. The van der Waals surface area contributed by atoms with Crippen molar-refractivity contribution in [3.05, 3.63) is 42.0 Å². The Hall–Kier alpha value is -2.03. The molecule has 0 spiro atoms. The van der Waals surface area contributed by atoms with Crippen LogP contribution in [0.1, 0.15) is 37.0 Å². The van der Waals surface area contributed by atoms with E-state index in [4.69, 9.17) is 0 Å². The van der Waals surface area contributed by atoms with Crippen molar-refractivity contribution in [3.8, 4) is 5.75 Å². The molecule has 2 rings (SSSR count). The maximum Gasteiger partial charge on any atom is 0.255 e. The van der Waals surface area contributed by atoms with Crippen LogP contribution >= 0.6 is 0 Å². The average Bonchev–Trinajstić information content (AvgIpc) is 2.43. The van der Waals surface area contributed by atoms with Gasteiger partial charge in [0.2, 0.25) is 0 Å². The second-order valence-electron chi connectivity index (χ2n) is 4.70. The molecule has 2 aromatic rings.